The summed E-state index contributed by atoms with van der Waals surface area (Å²) in [4.78, 5) is 25.2. The molecule has 4 aliphatic carbocycles. The highest BCUT2D eigenvalue weighted by molar-refractivity contribution is 5.87. The quantitative estimate of drug-likeness (QED) is 0.189. The number of esters is 1. The van der Waals surface area contributed by atoms with E-state index in [9.17, 15) is 14.7 Å². The number of fused-ring (bicyclic) bond motifs is 5. The molecule has 0 radical (unpaired) electrons. The van der Waals surface area contributed by atoms with Crippen LogP contribution in [0.3, 0.4) is 0 Å². The molecule has 4 aliphatic rings. The Balaban J connectivity index is 1.25. The SMILES string of the molecule is CCCCCCCCCCCC(=O)O[C@H]1CC[C@@]2(C)C(=CC(O)[C@@H]3[C@@H]2CC[C@]2(C)C(=O)CC[C@@H]32)C1. The lowest BCUT2D eigenvalue weighted by Crippen LogP contribution is -2.54. The van der Waals surface area contributed by atoms with Gasteiger partial charge in [-0.1, -0.05) is 83.8 Å². The lowest BCUT2D eigenvalue weighted by molar-refractivity contribution is -0.152. The molecule has 35 heavy (non-hydrogen) atoms. The third-order valence-corrected chi connectivity index (χ3v) is 10.6. The molecule has 0 amide bonds. The fourth-order valence-electron chi connectivity index (χ4n) is 8.31. The first-order chi connectivity index (χ1) is 16.8. The van der Waals surface area contributed by atoms with Crippen molar-refractivity contribution in [3.8, 4) is 0 Å². The van der Waals surface area contributed by atoms with Crippen molar-refractivity contribution in [1.82, 2.24) is 0 Å². The van der Waals surface area contributed by atoms with Crippen molar-refractivity contribution >= 4 is 11.8 Å². The van der Waals surface area contributed by atoms with Crippen LogP contribution in [0, 0.1) is 28.6 Å². The number of aliphatic hydroxyl groups excluding tert-OH is 1. The van der Waals surface area contributed by atoms with Crippen LogP contribution < -0.4 is 0 Å². The summed E-state index contributed by atoms with van der Waals surface area (Å²) >= 11 is 0. The normalized spacial score (nSPS) is 38.3. The van der Waals surface area contributed by atoms with Gasteiger partial charge in [-0.25, -0.2) is 0 Å². The maximum absolute atomic E-state index is 12.6. The Kier molecular flexibility index (Phi) is 8.82. The third-order valence-electron chi connectivity index (χ3n) is 10.6. The van der Waals surface area contributed by atoms with Crippen LogP contribution in [0.4, 0.5) is 0 Å². The standard InChI is InChI=1S/C31H50O4/c1-4-5-6-7-8-9-10-11-12-13-28(34)35-23-16-18-30(2)22(20-23)21-26(32)29-24-14-15-27(33)31(24,3)19-17-25(29)30/h21,23-26,29,32H,4-20H2,1-3H3/t23-,24-,25-,26?,29-,30-,31-/m0/s1. The Hall–Kier alpha value is -1.16. The first-order valence-corrected chi connectivity index (χ1v) is 14.9. The lowest BCUT2D eigenvalue weighted by atomic mass is 9.47. The number of ketones is 1. The summed E-state index contributed by atoms with van der Waals surface area (Å²) in [7, 11) is 0. The second-order valence-electron chi connectivity index (χ2n) is 12.7. The monoisotopic (exact) mass is 486 g/mol. The van der Waals surface area contributed by atoms with E-state index >= 15 is 0 Å². The van der Waals surface area contributed by atoms with Crippen LogP contribution in [-0.2, 0) is 14.3 Å². The Labute approximate surface area is 213 Å². The van der Waals surface area contributed by atoms with E-state index in [2.05, 4.69) is 26.8 Å². The smallest absolute Gasteiger partial charge is 0.306 e. The van der Waals surface area contributed by atoms with Crippen molar-refractivity contribution in [2.24, 2.45) is 28.6 Å². The van der Waals surface area contributed by atoms with E-state index in [1.165, 1.54) is 50.5 Å². The minimum absolute atomic E-state index is 0.0470. The molecule has 1 N–H and O–H groups in total. The number of ether oxygens (including phenoxy) is 1. The summed E-state index contributed by atoms with van der Waals surface area (Å²) < 4.78 is 5.92. The molecule has 3 fully saturated rings. The molecular weight excluding hydrogens is 436 g/mol. The Bertz CT molecular complexity index is 787. The first kappa shape index (κ1) is 26.9. The van der Waals surface area contributed by atoms with E-state index < -0.39 is 6.10 Å². The lowest BCUT2D eigenvalue weighted by Gasteiger charge is -2.58. The minimum atomic E-state index is -0.477. The van der Waals surface area contributed by atoms with Crippen LogP contribution in [0.15, 0.2) is 11.6 Å². The molecule has 4 nitrogen and oxygen atoms in total. The van der Waals surface area contributed by atoms with Gasteiger partial charge in [0.15, 0.2) is 0 Å². The van der Waals surface area contributed by atoms with Crippen molar-refractivity contribution in [1.29, 1.82) is 0 Å². The van der Waals surface area contributed by atoms with Crippen molar-refractivity contribution in [2.45, 2.75) is 142 Å². The number of rotatable bonds is 11. The maximum atomic E-state index is 12.6. The van der Waals surface area contributed by atoms with Gasteiger partial charge in [0.1, 0.15) is 11.9 Å². The predicted molar refractivity (Wildman–Crippen MR) is 140 cm³/mol. The molecule has 0 spiro atoms. The largest absolute Gasteiger partial charge is 0.462 e. The summed E-state index contributed by atoms with van der Waals surface area (Å²) in [6.45, 7) is 6.78. The zero-order chi connectivity index (χ0) is 25.1. The Morgan fingerprint density at radius 2 is 1.57 bits per heavy atom. The van der Waals surface area contributed by atoms with E-state index in [4.69, 9.17) is 4.74 Å². The van der Waals surface area contributed by atoms with Crippen LogP contribution >= 0.6 is 0 Å². The highest BCUT2D eigenvalue weighted by atomic mass is 16.5. The van der Waals surface area contributed by atoms with Gasteiger partial charge in [-0.15, -0.1) is 0 Å². The molecule has 198 valence electrons. The van der Waals surface area contributed by atoms with Crippen molar-refractivity contribution < 1.29 is 19.4 Å². The van der Waals surface area contributed by atoms with E-state index in [1.807, 2.05) is 0 Å². The predicted octanol–water partition coefficient (Wildman–Crippen LogP) is 7.32. The molecule has 0 aromatic carbocycles. The third kappa shape index (κ3) is 5.58. The molecule has 7 atom stereocenters. The Morgan fingerprint density at radius 1 is 0.943 bits per heavy atom. The highest BCUT2D eigenvalue weighted by Crippen LogP contribution is 2.64. The second-order valence-corrected chi connectivity index (χ2v) is 12.7. The number of carbonyl (C=O) groups is 2. The maximum Gasteiger partial charge on any atom is 0.306 e. The van der Waals surface area contributed by atoms with E-state index in [0.29, 0.717) is 30.5 Å². The number of carbonyl (C=O) groups excluding carboxylic acids is 2. The van der Waals surface area contributed by atoms with Gasteiger partial charge in [0.25, 0.3) is 0 Å². The van der Waals surface area contributed by atoms with Crippen LogP contribution in [0.2, 0.25) is 0 Å². The van der Waals surface area contributed by atoms with Crippen LogP contribution in [0.25, 0.3) is 0 Å². The van der Waals surface area contributed by atoms with Gasteiger partial charge >= 0.3 is 5.97 Å². The van der Waals surface area contributed by atoms with Gasteiger partial charge in [-0.2, -0.15) is 0 Å². The number of unbranched alkanes of at least 4 members (excludes halogenated alkanes) is 8. The summed E-state index contributed by atoms with van der Waals surface area (Å²) in [5.41, 5.74) is 1.13. The first-order valence-electron chi connectivity index (χ1n) is 14.9. The van der Waals surface area contributed by atoms with Gasteiger partial charge in [-0.3, -0.25) is 9.59 Å². The number of Topliss-reactive ketones (excluding diaryl/α,β-unsaturated/α-hetero) is 1. The molecule has 0 aromatic rings. The van der Waals surface area contributed by atoms with Crippen molar-refractivity contribution in [2.75, 3.05) is 0 Å². The van der Waals surface area contributed by atoms with Gasteiger partial charge in [0, 0.05) is 24.7 Å². The van der Waals surface area contributed by atoms with Gasteiger partial charge in [0.05, 0.1) is 6.10 Å². The highest BCUT2D eigenvalue weighted by Gasteiger charge is 2.60. The molecule has 0 aliphatic heterocycles. The topological polar surface area (TPSA) is 63.6 Å². The molecule has 1 unspecified atom stereocenters. The summed E-state index contributed by atoms with van der Waals surface area (Å²) in [6, 6.07) is 0. The zero-order valence-electron chi connectivity index (χ0n) is 22.7. The van der Waals surface area contributed by atoms with E-state index in [0.717, 1.165) is 51.4 Å². The van der Waals surface area contributed by atoms with Crippen LogP contribution in [0.1, 0.15) is 130 Å². The van der Waals surface area contributed by atoms with E-state index in [-0.39, 0.29) is 28.8 Å². The van der Waals surface area contributed by atoms with Gasteiger partial charge in [-0.05, 0) is 61.7 Å². The average molecular weight is 487 g/mol. The van der Waals surface area contributed by atoms with Gasteiger partial charge < -0.3 is 9.84 Å². The van der Waals surface area contributed by atoms with E-state index in [1.54, 1.807) is 0 Å². The molecule has 3 saturated carbocycles. The average Bonchev–Trinajstić information content (AvgIpc) is 3.13. The molecule has 0 aromatic heterocycles. The number of hydrogen-bond acceptors (Lipinski definition) is 4. The molecule has 4 rings (SSSR count). The summed E-state index contributed by atoms with van der Waals surface area (Å²) in [5, 5.41) is 11.2. The minimum Gasteiger partial charge on any atom is -0.462 e. The second kappa shape index (κ2) is 11.5. The fraction of sp³-hybridized carbons (Fsp3) is 0.871. The molecule has 0 bridgehead atoms. The van der Waals surface area contributed by atoms with Crippen LogP contribution in [0.5, 0.6) is 0 Å². The Morgan fingerprint density at radius 3 is 2.29 bits per heavy atom. The fourth-order valence-corrected chi connectivity index (χ4v) is 8.31. The van der Waals surface area contributed by atoms with Gasteiger partial charge in [0.2, 0.25) is 0 Å². The summed E-state index contributed by atoms with van der Waals surface area (Å²) in [6.07, 6.45) is 19.6. The molecule has 0 saturated heterocycles. The zero-order valence-corrected chi connectivity index (χ0v) is 22.7. The molecule has 4 heteroatoms. The van der Waals surface area contributed by atoms with Crippen molar-refractivity contribution in [3.05, 3.63) is 11.6 Å². The number of hydrogen-bond donors (Lipinski definition) is 1. The molecular formula is C31H50O4. The van der Waals surface area contributed by atoms with Crippen molar-refractivity contribution in [3.63, 3.8) is 0 Å². The molecule has 0 heterocycles. The summed E-state index contributed by atoms with van der Waals surface area (Å²) in [5.74, 6) is 1.30. The number of aliphatic hydroxyl groups is 1. The van der Waals surface area contributed by atoms with Crippen LogP contribution in [-0.4, -0.2) is 29.1 Å².